The minimum atomic E-state index is -0.287. The maximum absolute atomic E-state index is 13.3. The molecular weight excluding hydrogens is 347 g/mol. The third-order valence-electron chi connectivity index (χ3n) is 4.57. The fourth-order valence-electron chi connectivity index (χ4n) is 2.93. The molecule has 2 N–H and O–H groups in total. The number of halogens is 1. The number of guanidine groups is 1. The molecule has 6 nitrogen and oxygen atoms in total. The lowest BCUT2D eigenvalue weighted by atomic mass is 10.2. The summed E-state index contributed by atoms with van der Waals surface area (Å²) in [5.41, 5.74) is 0. The van der Waals surface area contributed by atoms with Gasteiger partial charge in [0.1, 0.15) is 17.7 Å². The smallest absolute Gasteiger partial charge is 0.191 e. The molecule has 0 saturated carbocycles. The summed E-state index contributed by atoms with van der Waals surface area (Å²) in [6.45, 7) is 8.45. The highest BCUT2D eigenvalue weighted by molar-refractivity contribution is 5.79. The molecular formula is C20H33FN4O2. The molecule has 0 radical (unpaired) electrons. The van der Waals surface area contributed by atoms with Crippen molar-refractivity contribution in [1.82, 2.24) is 15.5 Å². The predicted molar refractivity (Wildman–Crippen MR) is 107 cm³/mol. The SMILES string of the molecule is CCC(CNC(=NC)NCCCCN1CCOCC1)Oc1cccc(F)c1. The quantitative estimate of drug-likeness (QED) is 0.370. The molecule has 0 spiro atoms. The van der Waals surface area contributed by atoms with E-state index in [0.717, 1.165) is 64.6 Å². The number of hydrogen-bond donors (Lipinski definition) is 2. The summed E-state index contributed by atoms with van der Waals surface area (Å²) in [5.74, 6) is 1.03. The fourth-order valence-corrected chi connectivity index (χ4v) is 2.93. The summed E-state index contributed by atoms with van der Waals surface area (Å²) in [7, 11) is 1.76. The first kappa shape index (κ1) is 21.4. The molecule has 2 rings (SSSR count). The summed E-state index contributed by atoms with van der Waals surface area (Å²) in [6.07, 6.45) is 3.02. The number of rotatable bonds is 10. The van der Waals surface area contributed by atoms with Gasteiger partial charge in [-0.15, -0.1) is 0 Å². The van der Waals surface area contributed by atoms with Crippen molar-refractivity contribution in [1.29, 1.82) is 0 Å². The van der Waals surface area contributed by atoms with Gasteiger partial charge < -0.3 is 20.1 Å². The first-order valence-electron chi connectivity index (χ1n) is 9.88. The van der Waals surface area contributed by atoms with Gasteiger partial charge in [0.15, 0.2) is 5.96 Å². The summed E-state index contributed by atoms with van der Waals surface area (Å²) >= 11 is 0. The van der Waals surface area contributed by atoms with Crippen molar-refractivity contribution < 1.29 is 13.9 Å². The van der Waals surface area contributed by atoms with E-state index < -0.39 is 0 Å². The zero-order valence-corrected chi connectivity index (χ0v) is 16.5. The average Bonchev–Trinajstić information content (AvgIpc) is 2.69. The minimum absolute atomic E-state index is 0.0494. The third-order valence-corrected chi connectivity index (χ3v) is 4.57. The molecule has 0 aromatic heterocycles. The Morgan fingerprint density at radius 1 is 1.30 bits per heavy atom. The number of unbranched alkanes of at least 4 members (excludes halogenated alkanes) is 1. The van der Waals surface area contributed by atoms with Crippen LogP contribution in [0, 0.1) is 5.82 Å². The summed E-state index contributed by atoms with van der Waals surface area (Å²) in [4.78, 5) is 6.71. The zero-order chi connectivity index (χ0) is 19.3. The second kappa shape index (κ2) is 12.5. The van der Waals surface area contributed by atoms with Crippen LogP contribution in [0.3, 0.4) is 0 Å². The Morgan fingerprint density at radius 3 is 2.81 bits per heavy atom. The van der Waals surface area contributed by atoms with E-state index in [4.69, 9.17) is 9.47 Å². The number of nitrogens with one attached hydrogen (secondary N) is 2. The van der Waals surface area contributed by atoms with E-state index in [0.29, 0.717) is 12.3 Å². The van der Waals surface area contributed by atoms with E-state index in [1.54, 1.807) is 19.2 Å². The molecule has 1 heterocycles. The number of hydrogen-bond acceptors (Lipinski definition) is 4. The summed E-state index contributed by atoms with van der Waals surface area (Å²) in [5, 5.41) is 6.63. The van der Waals surface area contributed by atoms with Gasteiger partial charge in [0, 0.05) is 32.7 Å². The van der Waals surface area contributed by atoms with E-state index in [1.807, 2.05) is 6.92 Å². The number of benzene rings is 1. The number of ether oxygens (including phenoxy) is 2. The number of nitrogens with zero attached hydrogens (tertiary/aromatic N) is 2. The second-order valence-corrected chi connectivity index (χ2v) is 6.65. The van der Waals surface area contributed by atoms with E-state index in [2.05, 4.69) is 20.5 Å². The van der Waals surface area contributed by atoms with Crippen LogP contribution in [0.1, 0.15) is 26.2 Å². The topological polar surface area (TPSA) is 58.1 Å². The largest absolute Gasteiger partial charge is 0.489 e. The molecule has 152 valence electrons. The molecule has 27 heavy (non-hydrogen) atoms. The molecule has 1 aromatic carbocycles. The molecule has 0 aliphatic carbocycles. The van der Waals surface area contributed by atoms with Gasteiger partial charge in [0.2, 0.25) is 0 Å². The molecule has 1 aliphatic rings. The van der Waals surface area contributed by atoms with Crippen molar-refractivity contribution in [2.45, 2.75) is 32.3 Å². The summed E-state index contributed by atoms with van der Waals surface area (Å²) < 4.78 is 24.5. The highest BCUT2D eigenvalue weighted by atomic mass is 19.1. The van der Waals surface area contributed by atoms with Crippen molar-refractivity contribution in [3.63, 3.8) is 0 Å². The fraction of sp³-hybridized carbons (Fsp3) is 0.650. The van der Waals surface area contributed by atoms with Crippen LogP contribution in [0.25, 0.3) is 0 Å². The van der Waals surface area contributed by atoms with Crippen LogP contribution in [0.15, 0.2) is 29.3 Å². The van der Waals surface area contributed by atoms with Crippen LogP contribution >= 0.6 is 0 Å². The van der Waals surface area contributed by atoms with E-state index in [9.17, 15) is 4.39 Å². The maximum atomic E-state index is 13.3. The number of aliphatic imine (C=N–C) groups is 1. The van der Waals surface area contributed by atoms with Crippen LogP contribution < -0.4 is 15.4 Å². The van der Waals surface area contributed by atoms with Crippen molar-refractivity contribution >= 4 is 5.96 Å². The lowest BCUT2D eigenvalue weighted by Crippen LogP contribution is -2.43. The molecule has 1 aliphatic heterocycles. The standard InChI is InChI=1S/C20H33FN4O2/c1-3-18(27-19-8-6-7-17(21)15-19)16-24-20(22-2)23-9-4-5-10-25-11-13-26-14-12-25/h6-8,15,18H,3-5,9-14,16H2,1-2H3,(H2,22,23,24). The lowest BCUT2D eigenvalue weighted by Gasteiger charge is -2.26. The van der Waals surface area contributed by atoms with E-state index in [1.165, 1.54) is 12.1 Å². The number of morpholine rings is 1. The van der Waals surface area contributed by atoms with Gasteiger partial charge in [0.05, 0.1) is 19.8 Å². The molecule has 1 fully saturated rings. The third kappa shape index (κ3) is 8.58. The van der Waals surface area contributed by atoms with Crippen LogP contribution in [0.2, 0.25) is 0 Å². The van der Waals surface area contributed by atoms with Crippen molar-refractivity contribution in [3.8, 4) is 5.75 Å². The molecule has 1 aromatic rings. The molecule has 7 heteroatoms. The summed E-state index contributed by atoms with van der Waals surface area (Å²) in [6, 6.07) is 6.25. The van der Waals surface area contributed by atoms with E-state index in [-0.39, 0.29) is 11.9 Å². The van der Waals surface area contributed by atoms with Gasteiger partial charge in [-0.3, -0.25) is 9.89 Å². The van der Waals surface area contributed by atoms with Gasteiger partial charge in [-0.1, -0.05) is 13.0 Å². The molecule has 0 bridgehead atoms. The Bertz CT molecular complexity index is 565. The normalized spacial score (nSPS) is 16.8. The maximum Gasteiger partial charge on any atom is 0.191 e. The van der Waals surface area contributed by atoms with Crippen LogP contribution in [0.5, 0.6) is 5.75 Å². The molecule has 1 atom stereocenters. The Balaban J connectivity index is 1.61. The lowest BCUT2D eigenvalue weighted by molar-refractivity contribution is 0.0372. The Kier molecular flexibility index (Phi) is 9.94. The Morgan fingerprint density at radius 2 is 2.11 bits per heavy atom. The molecule has 1 saturated heterocycles. The van der Waals surface area contributed by atoms with Gasteiger partial charge in [-0.2, -0.15) is 0 Å². The van der Waals surface area contributed by atoms with E-state index >= 15 is 0 Å². The second-order valence-electron chi connectivity index (χ2n) is 6.65. The van der Waals surface area contributed by atoms with Crippen LogP contribution in [-0.2, 0) is 4.74 Å². The predicted octanol–water partition coefficient (Wildman–Crippen LogP) is 2.26. The van der Waals surface area contributed by atoms with Gasteiger partial charge >= 0.3 is 0 Å². The molecule has 1 unspecified atom stereocenters. The Hall–Kier alpha value is -1.86. The Labute approximate surface area is 162 Å². The van der Waals surface area contributed by atoms with Gasteiger partial charge in [-0.25, -0.2) is 4.39 Å². The monoisotopic (exact) mass is 380 g/mol. The van der Waals surface area contributed by atoms with Gasteiger partial charge in [-0.05, 0) is 37.9 Å². The van der Waals surface area contributed by atoms with Gasteiger partial charge in [0.25, 0.3) is 0 Å². The first-order chi connectivity index (χ1) is 13.2. The highest BCUT2D eigenvalue weighted by Crippen LogP contribution is 2.14. The highest BCUT2D eigenvalue weighted by Gasteiger charge is 2.11. The van der Waals surface area contributed by atoms with Crippen LogP contribution in [0.4, 0.5) is 4.39 Å². The first-order valence-corrected chi connectivity index (χ1v) is 9.88. The van der Waals surface area contributed by atoms with Crippen molar-refractivity contribution in [3.05, 3.63) is 30.1 Å². The van der Waals surface area contributed by atoms with Crippen molar-refractivity contribution in [2.24, 2.45) is 4.99 Å². The van der Waals surface area contributed by atoms with Crippen molar-refractivity contribution in [2.75, 3.05) is 53.0 Å². The molecule has 0 amide bonds. The zero-order valence-electron chi connectivity index (χ0n) is 16.5. The average molecular weight is 381 g/mol. The van der Waals surface area contributed by atoms with Crippen LogP contribution in [-0.4, -0.2) is 69.9 Å². The minimum Gasteiger partial charge on any atom is -0.489 e.